The maximum absolute atomic E-state index is 11.1. The minimum atomic E-state index is -1.06. The highest BCUT2D eigenvalue weighted by Gasteiger charge is 2.60. The molecule has 0 aromatic heterocycles. The van der Waals surface area contributed by atoms with Gasteiger partial charge < -0.3 is 14.6 Å². The van der Waals surface area contributed by atoms with Gasteiger partial charge in [-0.3, -0.25) is 0 Å². The molecule has 0 radical (unpaired) electrons. The highest BCUT2D eigenvalue weighted by molar-refractivity contribution is 5.37. The summed E-state index contributed by atoms with van der Waals surface area (Å²) in [6, 6.07) is 0. The molecule has 5 atom stereocenters. The Morgan fingerprint density at radius 2 is 2.04 bits per heavy atom. The zero-order valence-corrected chi connectivity index (χ0v) is 15.8. The predicted octanol–water partition coefficient (Wildman–Crippen LogP) is 3.98. The number of terminal acetylenes is 1. The molecule has 3 heteroatoms. The molecule has 0 unspecified atom stereocenters. The molecule has 2 fully saturated rings. The lowest BCUT2D eigenvalue weighted by atomic mass is 9.50. The van der Waals surface area contributed by atoms with Crippen LogP contribution in [0.25, 0.3) is 0 Å². The van der Waals surface area contributed by atoms with Crippen LogP contribution in [0.3, 0.4) is 0 Å². The first-order valence-electron chi connectivity index (χ1n) is 10.4. The molecule has 26 heavy (non-hydrogen) atoms. The molecule has 4 aliphatic carbocycles. The van der Waals surface area contributed by atoms with Gasteiger partial charge in [0.05, 0.1) is 13.2 Å². The van der Waals surface area contributed by atoms with Gasteiger partial charge in [0.15, 0.2) is 5.79 Å². The van der Waals surface area contributed by atoms with Crippen molar-refractivity contribution in [2.45, 2.75) is 69.7 Å². The Morgan fingerprint density at radius 1 is 1.23 bits per heavy atom. The molecule has 0 aromatic rings. The van der Waals surface area contributed by atoms with Gasteiger partial charge in [0.25, 0.3) is 0 Å². The van der Waals surface area contributed by atoms with Crippen molar-refractivity contribution in [2.75, 3.05) is 13.2 Å². The molecule has 140 valence electrons. The highest BCUT2D eigenvalue weighted by Crippen LogP contribution is 2.63. The third-order valence-electron chi connectivity index (χ3n) is 8.43. The molecule has 3 nitrogen and oxygen atoms in total. The lowest BCUT2D eigenvalue weighted by Crippen LogP contribution is -2.53. The molecule has 0 aromatic carbocycles. The van der Waals surface area contributed by atoms with E-state index in [1.54, 1.807) is 11.1 Å². The second-order valence-corrected chi connectivity index (χ2v) is 9.07. The van der Waals surface area contributed by atoms with E-state index >= 15 is 0 Å². The van der Waals surface area contributed by atoms with E-state index in [0.717, 1.165) is 58.2 Å². The van der Waals surface area contributed by atoms with Gasteiger partial charge in [-0.05, 0) is 62.4 Å². The number of aliphatic hydroxyl groups is 1. The highest BCUT2D eigenvalue weighted by atomic mass is 16.7. The van der Waals surface area contributed by atoms with Crippen molar-refractivity contribution in [1.82, 2.24) is 0 Å². The first kappa shape index (κ1) is 17.0. The average Bonchev–Trinajstić information content (AvgIpc) is 3.24. The summed E-state index contributed by atoms with van der Waals surface area (Å²) >= 11 is 0. The number of hydrogen-bond donors (Lipinski definition) is 1. The van der Waals surface area contributed by atoms with E-state index in [4.69, 9.17) is 15.9 Å². The summed E-state index contributed by atoms with van der Waals surface area (Å²) in [7, 11) is 0. The van der Waals surface area contributed by atoms with Gasteiger partial charge >= 0.3 is 0 Å². The fraction of sp³-hybridized carbons (Fsp3) is 0.739. The largest absolute Gasteiger partial charge is 0.373 e. The molecule has 1 saturated heterocycles. The number of ether oxygens (including phenoxy) is 2. The van der Waals surface area contributed by atoms with Crippen LogP contribution < -0.4 is 0 Å². The number of hydrogen-bond acceptors (Lipinski definition) is 3. The summed E-state index contributed by atoms with van der Waals surface area (Å²) in [6.07, 6.45) is 18.6. The van der Waals surface area contributed by atoms with E-state index in [9.17, 15) is 5.11 Å². The predicted molar refractivity (Wildman–Crippen MR) is 100 cm³/mol. The summed E-state index contributed by atoms with van der Waals surface area (Å²) in [6.45, 7) is 3.69. The van der Waals surface area contributed by atoms with Crippen molar-refractivity contribution in [3.63, 3.8) is 0 Å². The van der Waals surface area contributed by atoms with Gasteiger partial charge in [-0.2, -0.15) is 0 Å². The van der Waals surface area contributed by atoms with E-state index in [1.165, 1.54) is 6.42 Å². The Hall–Kier alpha value is -1.08. The van der Waals surface area contributed by atoms with E-state index in [0.29, 0.717) is 17.8 Å². The lowest BCUT2D eigenvalue weighted by Gasteiger charge is -2.55. The van der Waals surface area contributed by atoms with Crippen LogP contribution in [0.1, 0.15) is 58.3 Å². The molecule has 1 saturated carbocycles. The first-order chi connectivity index (χ1) is 12.6. The van der Waals surface area contributed by atoms with Crippen LogP contribution in [0, 0.1) is 35.5 Å². The van der Waals surface area contributed by atoms with Crippen LogP contribution >= 0.6 is 0 Å². The molecule has 1 spiro atoms. The maximum atomic E-state index is 11.1. The topological polar surface area (TPSA) is 38.7 Å². The molecule has 5 aliphatic rings. The molecule has 0 bridgehead atoms. The van der Waals surface area contributed by atoms with Gasteiger partial charge in [0, 0.05) is 18.3 Å². The maximum Gasteiger partial charge on any atom is 0.172 e. The first-order valence-corrected chi connectivity index (χ1v) is 10.4. The van der Waals surface area contributed by atoms with Gasteiger partial charge in [-0.15, -0.1) is 6.42 Å². The quantitative estimate of drug-likeness (QED) is 0.572. The van der Waals surface area contributed by atoms with Crippen LogP contribution in [0.4, 0.5) is 0 Å². The van der Waals surface area contributed by atoms with Gasteiger partial charge in [0.1, 0.15) is 5.60 Å². The Morgan fingerprint density at radius 3 is 2.77 bits per heavy atom. The minimum absolute atomic E-state index is 0.158. The molecule has 1 N–H and O–H groups in total. The van der Waals surface area contributed by atoms with Crippen molar-refractivity contribution < 1.29 is 14.6 Å². The third kappa shape index (κ3) is 2.07. The van der Waals surface area contributed by atoms with Crippen molar-refractivity contribution in [1.29, 1.82) is 0 Å². The van der Waals surface area contributed by atoms with Gasteiger partial charge in [-0.25, -0.2) is 0 Å². The molecule has 1 aliphatic heterocycles. The normalized spacial score (nSPS) is 46.0. The summed E-state index contributed by atoms with van der Waals surface area (Å²) < 4.78 is 12.0. The molecular formula is C23H30O3. The summed E-state index contributed by atoms with van der Waals surface area (Å²) in [5.74, 6) is 4.12. The van der Waals surface area contributed by atoms with Crippen LogP contribution in [0.15, 0.2) is 23.3 Å². The second-order valence-electron chi connectivity index (χ2n) is 9.07. The summed E-state index contributed by atoms with van der Waals surface area (Å²) in [5.41, 5.74) is 2.08. The molecule has 0 amide bonds. The third-order valence-corrected chi connectivity index (χ3v) is 8.43. The average molecular weight is 354 g/mol. The summed E-state index contributed by atoms with van der Waals surface area (Å²) in [5, 5.41) is 11.1. The van der Waals surface area contributed by atoms with Gasteiger partial charge in [0.2, 0.25) is 0 Å². The zero-order valence-electron chi connectivity index (χ0n) is 15.8. The van der Waals surface area contributed by atoms with E-state index in [2.05, 4.69) is 18.9 Å². The Kier molecular flexibility index (Phi) is 3.74. The second kappa shape index (κ2) is 5.71. The lowest BCUT2D eigenvalue weighted by molar-refractivity contribution is -0.166. The Labute approximate surface area is 156 Å². The fourth-order valence-electron chi connectivity index (χ4n) is 7.13. The van der Waals surface area contributed by atoms with Crippen LogP contribution in [-0.4, -0.2) is 29.7 Å². The van der Waals surface area contributed by atoms with Gasteiger partial charge in [-0.1, -0.05) is 30.1 Å². The number of fused-ring (bicyclic) bond motifs is 4. The minimum Gasteiger partial charge on any atom is -0.373 e. The fourth-order valence-corrected chi connectivity index (χ4v) is 7.13. The SMILES string of the molecule is C#C[C@]1(O)C=C[C@H]2[C@@H]3CCC4=C(CCC5(C4)OCCO5)[C@H]3CC[C@@]21CC. The van der Waals surface area contributed by atoms with Crippen LogP contribution in [-0.2, 0) is 9.47 Å². The monoisotopic (exact) mass is 354 g/mol. The van der Waals surface area contributed by atoms with Crippen LogP contribution in [0.5, 0.6) is 0 Å². The number of rotatable bonds is 1. The molecular weight excluding hydrogens is 324 g/mol. The Balaban J connectivity index is 1.45. The van der Waals surface area contributed by atoms with E-state index in [1.807, 2.05) is 6.08 Å². The zero-order chi connectivity index (χ0) is 18.0. The smallest absolute Gasteiger partial charge is 0.172 e. The van der Waals surface area contributed by atoms with E-state index in [-0.39, 0.29) is 11.2 Å². The standard InChI is InChI=1S/C23H30O3/c1-3-21-10-7-18-17-8-12-23(25-13-14-26-23)15-16(17)5-6-19(18)20(21)9-11-22(21,24)4-2/h2,9,11,18-20,24H,3,5-8,10,12-15H2,1H3/t18-,19-,20+,21+,22+/m1/s1. The molecule has 1 heterocycles. The summed E-state index contributed by atoms with van der Waals surface area (Å²) in [4.78, 5) is 0. The van der Waals surface area contributed by atoms with Crippen LogP contribution in [0.2, 0.25) is 0 Å². The molecule has 5 rings (SSSR count). The van der Waals surface area contributed by atoms with E-state index < -0.39 is 5.60 Å². The van der Waals surface area contributed by atoms with Crippen molar-refractivity contribution in [2.24, 2.45) is 23.2 Å². The number of allylic oxidation sites excluding steroid dienone is 2. The van der Waals surface area contributed by atoms with Crippen molar-refractivity contribution in [3.05, 3.63) is 23.3 Å². The van der Waals surface area contributed by atoms with Crippen molar-refractivity contribution in [3.8, 4) is 12.3 Å². The Bertz CT molecular complexity index is 707. The van der Waals surface area contributed by atoms with Crippen molar-refractivity contribution >= 4 is 0 Å².